The monoisotopic (exact) mass is 300 g/mol. The highest BCUT2D eigenvalue weighted by Gasteiger charge is 2.35. The minimum Gasteiger partial charge on any atom is -0.479 e. The normalized spacial score (nSPS) is 15.0. The minimum atomic E-state index is -1.15. The van der Waals surface area contributed by atoms with Crippen molar-refractivity contribution in [2.45, 2.75) is 6.04 Å². The molecule has 2 aromatic rings. The molecular formula is C16H13FN2O3. The molecule has 112 valence electrons. The molecule has 0 fully saturated rings. The Morgan fingerprint density at radius 1 is 1.23 bits per heavy atom. The van der Waals surface area contributed by atoms with E-state index in [0.29, 0.717) is 16.9 Å². The van der Waals surface area contributed by atoms with Gasteiger partial charge < -0.3 is 10.4 Å². The van der Waals surface area contributed by atoms with Gasteiger partial charge in [0.25, 0.3) is 0 Å². The largest absolute Gasteiger partial charge is 0.479 e. The lowest BCUT2D eigenvalue weighted by Crippen LogP contribution is -2.45. The fourth-order valence-electron chi connectivity index (χ4n) is 2.57. The van der Waals surface area contributed by atoms with Crippen LogP contribution in [0.2, 0.25) is 0 Å². The quantitative estimate of drug-likeness (QED) is 0.913. The molecule has 0 aromatic heterocycles. The Kier molecular flexibility index (Phi) is 3.50. The van der Waals surface area contributed by atoms with Crippen LogP contribution < -0.4 is 10.2 Å². The number of halogens is 1. The van der Waals surface area contributed by atoms with Gasteiger partial charge >= 0.3 is 5.97 Å². The second kappa shape index (κ2) is 5.48. The Morgan fingerprint density at radius 3 is 2.64 bits per heavy atom. The van der Waals surface area contributed by atoms with E-state index in [2.05, 4.69) is 5.32 Å². The lowest BCUT2D eigenvalue weighted by molar-refractivity contribution is -0.140. The van der Waals surface area contributed by atoms with Crippen LogP contribution in [0.4, 0.5) is 15.8 Å². The Hall–Kier alpha value is -2.89. The van der Waals surface area contributed by atoms with Crippen LogP contribution in [0.15, 0.2) is 48.5 Å². The van der Waals surface area contributed by atoms with Gasteiger partial charge in [0.15, 0.2) is 6.04 Å². The number of carboxylic acids is 1. The lowest BCUT2D eigenvalue weighted by Gasteiger charge is -2.34. The molecule has 1 unspecified atom stereocenters. The van der Waals surface area contributed by atoms with Gasteiger partial charge in [-0.15, -0.1) is 0 Å². The first-order valence-corrected chi connectivity index (χ1v) is 6.71. The van der Waals surface area contributed by atoms with Crippen LogP contribution >= 0.6 is 0 Å². The summed E-state index contributed by atoms with van der Waals surface area (Å²) in [6, 6.07) is 11.2. The molecule has 6 heteroatoms. The van der Waals surface area contributed by atoms with Crippen molar-refractivity contribution in [2.75, 3.05) is 16.8 Å². The van der Waals surface area contributed by atoms with Crippen molar-refractivity contribution in [1.29, 1.82) is 0 Å². The third-order valence-corrected chi connectivity index (χ3v) is 3.52. The molecule has 3 rings (SSSR count). The van der Waals surface area contributed by atoms with Gasteiger partial charge in [0.2, 0.25) is 5.91 Å². The summed E-state index contributed by atoms with van der Waals surface area (Å²) in [5.74, 6) is -1.97. The molecular weight excluding hydrogens is 287 g/mol. The zero-order valence-corrected chi connectivity index (χ0v) is 11.5. The van der Waals surface area contributed by atoms with Crippen LogP contribution in [-0.2, 0) is 9.59 Å². The average Bonchev–Trinajstić information content (AvgIpc) is 2.50. The van der Waals surface area contributed by atoms with Crippen LogP contribution in [0.25, 0.3) is 0 Å². The molecule has 0 bridgehead atoms. The fourth-order valence-corrected chi connectivity index (χ4v) is 2.57. The molecule has 2 aromatic carbocycles. The van der Waals surface area contributed by atoms with Crippen molar-refractivity contribution in [3.05, 3.63) is 59.9 Å². The third kappa shape index (κ3) is 2.39. The molecule has 1 aliphatic rings. The number of benzene rings is 2. The first-order valence-electron chi connectivity index (χ1n) is 6.71. The van der Waals surface area contributed by atoms with E-state index in [1.165, 1.54) is 23.1 Å². The van der Waals surface area contributed by atoms with Gasteiger partial charge in [-0.3, -0.25) is 9.69 Å². The van der Waals surface area contributed by atoms with E-state index in [9.17, 15) is 19.1 Å². The number of rotatable bonds is 3. The average molecular weight is 300 g/mol. The van der Waals surface area contributed by atoms with Gasteiger partial charge in [-0.25, -0.2) is 9.18 Å². The summed E-state index contributed by atoms with van der Waals surface area (Å²) < 4.78 is 13.3. The number of hydrogen-bond acceptors (Lipinski definition) is 3. The van der Waals surface area contributed by atoms with Crippen molar-refractivity contribution in [1.82, 2.24) is 0 Å². The number of fused-ring (bicyclic) bond motifs is 1. The maximum absolute atomic E-state index is 13.3. The Labute approximate surface area is 126 Å². The molecule has 22 heavy (non-hydrogen) atoms. The summed E-state index contributed by atoms with van der Waals surface area (Å²) in [4.78, 5) is 25.2. The molecule has 0 spiro atoms. The van der Waals surface area contributed by atoms with Crippen molar-refractivity contribution >= 4 is 23.3 Å². The summed E-state index contributed by atoms with van der Waals surface area (Å²) in [6.45, 7) is -0.0763. The zero-order chi connectivity index (χ0) is 15.7. The molecule has 1 amide bonds. The summed E-state index contributed by atoms with van der Waals surface area (Å²) in [6.07, 6.45) is 0. The summed E-state index contributed by atoms with van der Waals surface area (Å²) in [5, 5.41) is 12.4. The maximum atomic E-state index is 13.3. The van der Waals surface area contributed by atoms with Crippen LogP contribution in [0.1, 0.15) is 11.6 Å². The molecule has 1 aliphatic heterocycles. The number of amides is 1. The Morgan fingerprint density at radius 2 is 1.95 bits per heavy atom. The predicted molar refractivity (Wildman–Crippen MR) is 79.2 cm³/mol. The second-order valence-electron chi connectivity index (χ2n) is 4.93. The SMILES string of the molecule is O=C(O)C(c1ccccc1)N1C(=O)CNc2cc(F)ccc21. The zero-order valence-electron chi connectivity index (χ0n) is 11.5. The summed E-state index contributed by atoms with van der Waals surface area (Å²) >= 11 is 0. The van der Waals surface area contributed by atoms with Gasteiger partial charge in [0.05, 0.1) is 17.9 Å². The standard InChI is InChI=1S/C16H13FN2O3/c17-11-6-7-13-12(8-11)18-9-14(20)19(13)15(16(21)22)10-4-2-1-3-5-10/h1-8,15,18H,9H2,(H,21,22). The molecule has 0 aliphatic carbocycles. The van der Waals surface area contributed by atoms with E-state index < -0.39 is 17.8 Å². The van der Waals surface area contributed by atoms with Crippen molar-refractivity contribution in [2.24, 2.45) is 0 Å². The van der Waals surface area contributed by atoms with Crippen molar-refractivity contribution in [3.8, 4) is 0 Å². The summed E-state index contributed by atoms with van der Waals surface area (Å²) in [5.41, 5.74) is 1.25. The molecule has 0 saturated heterocycles. The van der Waals surface area contributed by atoms with Crippen LogP contribution in [0, 0.1) is 5.82 Å². The van der Waals surface area contributed by atoms with Gasteiger partial charge in [-0.05, 0) is 23.8 Å². The third-order valence-electron chi connectivity index (χ3n) is 3.52. The molecule has 1 heterocycles. The van der Waals surface area contributed by atoms with Crippen LogP contribution in [-0.4, -0.2) is 23.5 Å². The Balaban J connectivity index is 2.12. The molecule has 1 atom stereocenters. The Bertz CT molecular complexity index is 733. The maximum Gasteiger partial charge on any atom is 0.331 e. The van der Waals surface area contributed by atoms with E-state index in [-0.39, 0.29) is 12.5 Å². The highest BCUT2D eigenvalue weighted by Crippen LogP contribution is 2.36. The smallest absolute Gasteiger partial charge is 0.331 e. The van der Waals surface area contributed by atoms with Gasteiger partial charge in [-0.2, -0.15) is 0 Å². The first-order chi connectivity index (χ1) is 10.6. The molecule has 0 saturated carbocycles. The van der Waals surface area contributed by atoms with Crippen LogP contribution in [0.3, 0.4) is 0 Å². The number of nitrogens with zero attached hydrogens (tertiary/aromatic N) is 1. The first kappa shape index (κ1) is 14.1. The highest BCUT2D eigenvalue weighted by atomic mass is 19.1. The van der Waals surface area contributed by atoms with Gasteiger partial charge in [0, 0.05) is 0 Å². The lowest BCUT2D eigenvalue weighted by atomic mass is 10.0. The molecule has 0 radical (unpaired) electrons. The van der Waals surface area contributed by atoms with Crippen molar-refractivity contribution < 1.29 is 19.1 Å². The molecule has 2 N–H and O–H groups in total. The minimum absolute atomic E-state index is 0.0763. The number of nitrogens with one attached hydrogen (secondary N) is 1. The van der Waals surface area contributed by atoms with E-state index in [1.54, 1.807) is 30.3 Å². The summed E-state index contributed by atoms with van der Waals surface area (Å²) in [7, 11) is 0. The van der Waals surface area contributed by atoms with Crippen molar-refractivity contribution in [3.63, 3.8) is 0 Å². The number of hydrogen-bond donors (Lipinski definition) is 2. The molecule has 5 nitrogen and oxygen atoms in total. The van der Waals surface area contributed by atoms with Gasteiger partial charge in [0.1, 0.15) is 5.82 Å². The fraction of sp³-hybridized carbons (Fsp3) is 0.125. The second-order valence-corrected chi connectivity index (χ2v) is 4.93. The number of carboxylic acid groups (broad SMARTS) is 1. The van der Waals surface area contributed by atoms with E-state index in [1.807, 2.05) is 0 Å². The number of aliphatic carboxylic acids is 1. The van der Waals surface area contributed by atoms with E-state index in [0.717, 1.165) is 0 Å². The predicted octanol–water partition coefficient (Wildman–Crippen LogP) is 2.41. The number of anilines is 2. The topological polar surface area (TPSA) is 69.6 Å². The van der Waals surface area contributed by atoms with E-state index >= 15 is 0 Å². The van der Waals surface area contributed by atoms with Crippen LogP contribution in [0.5, 0.6) is 0 Å². The number of carbonyl (C=O) groups is 2. The highest BCUT2D eigenvalue weighted by molar-refractivity contribution is 6.06. The van der Waals surface area contributed by atoms with E-state index in [4.69, 9.17) is 0 Å². The van der Waals surface area contributed by atoms with Gasteiger partial charge in [-0.1, -0.05) is 30.3 Å². The number of carbonyl (C=O) groups excluding carboxylic acids is 1.